The maximum Gasteiger partial charge on any atom is 0.137 e. The van der Waals surface area contributed by atoms with Gasteiger partial charge < -0.3 is 4.74 Å². The highest BCUT2D eigenvalue weighted by Crippen LogP contribution is 2.40. The molecule has 3 aromatic heterocycles. The first kappa shape index (κ1) is 32.4. The molecule has 0 amide bonds. The number of para-hydroxylation sites is 1. The van der Waals surface area contributed by atoms with Gasteiger partial charge in [-0.3, -0.25) is 4.57 Å². The normalized spacial score (nSPS) is 11.7. The van der Waals surface area contributed by atoms with Gasteiger partial charge >= 0.3 is 0 Å². The molecule has 0 aliphatic heterocycles. The van der Waals surface area contributed by atoms with Crippen LogP contribution in [0.1, 0.15) is 78.7 Å². The van der Waals surface area contributed by atoms with Crippen LogP contribution < -0.4 is 4.74 Å². The molecule has 0 unspecified atom stereocenters. The lowest BCUT2D eigenvalue weighted by molar-refractivity contribution is 0.482. The van der Waals surface area contributed by atoms with Crippen LogP contribution in [0.15, 0.2) is 91.1 Å². The number of unbranched alkanes of at least 4 members (excludes halogenated alkanes) is 1. The molecule has 0 saturated carbocycles. The van der Waals surface area contributed by atoms with E-state index in [9.17, 15) is 0 Å². The molecular weight excluding hydrogens is 601 g/mol. The van der Waals surface area contributed by atoms with Gasteiger partial charge in [-0.25, -0.2) is 9.67 Å². The Bertz CT molecular complexity index is 2310. The molecule has 0 fully saturated rings. The Balaban J connectivity index is 1.35. The van der Waals surface area contributed by atoms with Crippen molar-refractivity contribution < 1.29 is 4.74 Å². The van der Waals surface area contributed by atoms with Crippen LogP contribution in [0, 0.1) is 34.6 Å². The first-order valence-electron chi connectivity index (χ1n) is 17.6. The van der Waals surface area contributed by atoms with Crippen LogP contribution in [0.5, 0.6) is 11.5 Å². The van der Waals surface area contributed by atoms with E-state index in [1.54, 1.807) is 0 Å². The number of benzene rings is 4. The average Bonchev–Trinajstić information content (AvgIpc) is 3.59. The molecule has 5 heteroatoms. The van der Waals surface area contributed by atoms with E-state index in [-0.39, 0.29) is 5.92 Å². The minimum absolute atomic E-state index is 0.277. The quantitative estimate of drug-likeness (QED) is 0.157. The van der Waals surface area contributed by atoms with E-state index in [0.717, 1.165) is 64.6 Å². The maximum atomic E-state index is 6.71. The number of hydrogen-bond donors (Lipinski definition) is 0. The Hall–Kier alpha value is -5.16. The zero-order valence-electron chi connectivity index (χ0n) is 30.1. The number of aryl methyl sites for hydroxylation is 5. The van der Waals surface area contributed by atoms with Crippen molar-refractivity contribution in [1.29, 1.82) is 0 Å². The van der Waals surface area contributed by atoms with Crippen LogP contribution >= 0.6 is 0 Å². The maximum absolute atomic E-state index is 6.71. The van der Waals surface area contributed by atoms with Crippen LogP contribution in [-0.2, 0) is 6.42 Å². The topological polar surface area (TPSA) is 44.9 Å². The molecule has 4 aromatic carbocycles. The minimum atomic E-state index is 0.277. The lowest BCUT2D eigenvalue weighted by Crippen LogP contribution is -2.05. The smallest absolute Gasteiger partial charge is 0.137 e. The summed E-state index contributed by atoms with van der Waals surface area (Å²) in [6, 6.07) is 30.1. The second-order valence-electron chi connectivity index (χ2n) is 14.0. The van der Waals surface area contributed by atoms with Gasteiger partial charge in [-0.05, 0) is 124 Å². The van der Waals surface area contributed by atoms with E-state index in [4.69, 9.17) is 14.8 Å². The summed E-state index contributed by atoms with van der Waals surface area (Å²) in [5, 5.41) is 7.74. The second-order valence-corrected chi connectivity index (χ2v) is 14.0. The van der Waals surface area contributed by atoms with Gasteiger partial charge in [0.1, 0.15) is 17.3 Å². The zero-order chi connectivity index (χ0) is 34.4. The number of nitrogens with zero attached hydrogens (tertiary/aromatic N) is 4. The van der Waals surface area contributed by atoms with Crippen LogP contribution in [0.2, 0.25) is 0 Å². The summed E-state index contributed by atoms with van der Waals surface area (Å²) in [6.45, 7) is 17.7. The van der Waals surface area contributed by atoms with E-state index >= 15 is 0 Å². The molecule has 5 nitrogen and oxygen atoms in total. The van der Waals surface area contributed by atoms with Gasteiger partial charge in [0, 0.05) is 34.7 Å². The third-order valence-electron chi connectivity index (χ3n) is 9.54. The van der Waals surface area contributed by atoms with E-state index in [1.807, 2.05) is 12.3 Å². The summed E-state index contributed by atoms with van der Waals surface area (Å²) < 4.78 is 11.1. The van der Waals surface area contributed by atoms with Gasteiger partial charge in [0.25, 0.3) is 0 Å². The summed E-state index contributed by atoms with van der Waals surface area (Å²) in [4.78, 5) is 4.75. The Morgan fingerprint density at radius 3 is 2.16 bits per heavy atom. The molecule has 0 aliphatic rings. The first-order chi connectivity index (χ1) is 23.6. The molecule has 0 N–H and O–H groups in total. The zero-order valence-corrected chi connectivity index (χ0v) is 30.1. The van der Waals surface area contributed by atoms with Gasteiger partial charge in [-0.2, -0.15) is 5.10 Å². The number of aromatic nitrogens is 4. The fourth-order valence-electron chi connectivity index (χ4n) is 7.46. The van der Waals surface area contributed by atoms with Crippen molar-refractivity contribution in [3.05, 3.63) is 130 Å². The van der Waals surface area contributed by atoms with Crippen molar-refractivity contribution in [3.8, 4) is 34.1 Å². The van der Waals surface area contributed by atoms with E-state index in [1.165, 1.54) is 49.8 Å². The van der Waals surface area contributed by atoms with Crippen molar-refractivity contribution in [2.24, 2.45) is 0 Å². The summed E-state index contributed by atoms with van der Waals surface area (Å²) in [6.07, 6.45) is 5.05. The minimum Gasteiger partial charge on any atom is -0.457 e. The van der Waals surface area contributed by atoms with Gasteiger partial charge in [0.2, 0.25) is 0 Å². The number of rotatable bonds is 9. The molecule has 7 aromatic rings. The fraction of sp³-hybridized carbons (Fsp3) is 0.273. The SMILES string of the molecule is CCCCc1c(-c2c(C)cc(C)cc2C)c(C(C)C)nn1-c1cc(C)cc(Oc2ccc3c4ccccc4n(-c4cc(C)ccn4)c3c2)c1. The van der Waals surface area contributed by atoms with Crippen molar-refractivity contribution in [2.45, 2.75) is 80.6 Å². The second kappa shape index (κ2) is 13.0. The van der Waals surface area contributed by atoms with Crippen molar-refractivity contribution in [1.82, 2.24) is 19.3 Å². The number of hydrogen-bond acceptors (Lipinski definition) is 3. The van der Waals surface area contributed by atoms with E-state index < -0.39 is 0 Å². The predicted octanol–water partition coefficient (Wildman–Crippen LogP) is 11.8. The largest absolute Gasteiger partial charge is 0.457 e. The summed E-state index contributed by atoms with van der Waals surface area (Å²) >= 11 is 0. The molecule has 0 saturated heterocycles. The van der Waals surface area contributed by atoms with Crippen LogP contribution in [0.3, 0.4) is 0 Å². The summed E-state index contributed by atoms with van der Waals surface area (Å²) in [5.74, 6) is 2.74. The van der Waals surface area contributed by atoms with Gasteiger partial charge in [0.05, 0.1) is 28.1 Å². The Kier molecular flexibility index (Phi) is 8.62. The van der Waals surface area contributed by atoms with E-state index in [2.05, 4.69) is 144 Å². The third kappa shape index (κ3) is 6.03. The first-order valence-corrected chi connectivity index (χ1v) is 17.6. The van der Waals surface area contributed by atoms with Gasteiger partial charge in [-0.15, -0.1) is 0 Å². The average molecular weight is 647 g/mol. The number of fused-ring (bicyclic) bond motifs is 3. The fourth-order valence-corrected chi connectivity index (χ4v) is 7.46. The van der Waals surface area contributed by atoms with Crippen LogP contribution in [0.25, 0.3) is 44.4 Å². The van der Waals surface area contributed by atoms with E-state index in [0.29, 0.717) is 0 Å². The number of pyridine rings is 1. The van der Waals surface area contributed by atoms with Crippen LogP contribution in [0.4, 0.5) is 0 Å². The van der Waals surface area contributed by atoms with Gasteiger partial charge in [0.15, 0.2) is 0 Å². The molecule has 49 heavy (non-hydrogen) atoms. The highest BCUT2D eigenvalue weighted by Gasteiger charge is 2.25. The molecule has 3 heterocycles. The molecule has 0 aliphatic carbocycles. The van der Waals surface area contributed by atoms with Crippen molar-refractivity contribution in [3.63, 3.8) is 0 Å². The molecule has 0 atom stereocenters. The highest BCUT2D eigenvalue weighted by molar-refractivity contribution is 6.09. The Morgan fingerprint density at radius 2 is 1.43 bits per heavy atom. The Labute approximate surface area is 290 Å². The monoisotopic (exact) mass is 646 g/mol. The molecule has 248 valence electrons. The molecule has 0 radical (unpaired) electrons. The standard InChI is InChI=1S/C44H46N4O/c1-9-10-14-39-43(42-31(7)20-29(5)21-32(42)8)44(27(2)3)46-48(39)33-22-30(6)23-35(25-33)49-34-16-17-37-36-13-11-12-15-38(36)47(40(37)26-34)41-24-28(4)18-19-45-41/h11-13,15-27H,9-10,14H2,1-8H3. The molecule has 0 spiro atoms. The Morgan fingerprint density at radius 1 is 0.694 bits per heavy atom. The van der Waals surface area contributed by atoms with Crippen molar-refractivity contribution >= 4 is 21.8 Å². The van der Waals surface area contributed by atoms with Crippen molar-refractivity contribution in [2.75, 3.05) is 0 Å². The molecule has 0 bridgehead atoms. The van der Waals surface area contributed by atoms with Crippen LogP contribution in [-0.4, -0.2) is 19.3 Å². The lowest BCUT2D eigenvalue weighted by Gasteiger charge is -2.16. The molecule has 7 rings (SSSR count). The third-order valence-corrected chi connectivity index (χ3v) is 9.54. The predicted molar refractivity (Wildman–Crippen MR) is 204 cm³/mol. The highest BCUT2D eigenvalue weighted by atomic mass is 16.5. The number of ether oxygens (including phenoxy) is 1. The summed E-state index contributed by atoms with van der Waals surface area (Å²) in [5.41, 5.74) is 14.4. The van der Waals surface area contributed by atoms with Gasteiger partial charge in [-0.1, -0.05) is 63.1 Å². The molecular formula is C44H46N4O. The summed E-state index contributed by atoms with van der Waals surface area (Å²) in [7, 11) is 0. The lowest BCUT2D eigenvalue weighted by atomic mass is 9.89.